The molecule has 0 aromatic heterocycles. The molecule has 0 spiro atoms. The predicted octanol–water partition coefficient (Wildman–Crippen LogP) is 6.73. The molecule has 0 heterocycles. The van der Waals surface area contributed by atoms with Gasteiger partial charge in [0, 0.05) is 24.0 Å². The third kappa shape index (κ3) is 8.38. The zero-order valence-electron chi connectivity index (χ0n) is 23.3. The predicted molar refractivity (Wildman–Crippen MR) is 175 cm³/mol. The molecule has 2 amide bonds. The van der Waals surface area contributed by atoms with Crippen LogP contribution in [0.3, 0.4) is 0 Å². The molecule has 0 bridgehead atoms. The van der Waals surface area contributed by atoms with Crippen LogP contribution in [0, 0.1) is 0 Å². The van der Waals surface area contributed by atoms with E-state index in [1.165, 1.54) is 35.2 Å². The molecule has 4 rings (SSSR count). The van der Waals surface area contributed by atoms with Crippen LogP contribution >= 0.6 is 39.1 Å². The highest BCUT2D eigenvalue weighted by molar-refractivity contribution is 9.10. The lowest BCUT2D eigenvalue weighted by molar-refractivity contribution is -0.140. The van der Waals surface area contributed by atoms with Crippen molar-refractivity contribution in [1.82, 2.24) is 10.2 Å². The molecule has 0 saturated heterocycles. The first-order chi connectivity index (χ1) is 20.6. The summed E-state index contributed by atoms with van der Waals surface area (Å²) in [7, 11) is -4.23. The van der Waals surface area contributed by atoms with Gasteiger partial charge in [-0.15, -0.1) is 0 Å². The molecule has 224 valence electrons. The van der Waals surface area contributed by atoms with E-state index >= 15 is 0 Å². The minimum Gasteiger partial charge on any atom is -0.355 e. The summed E-state index contributed by atoms with van der Waals surface area (Å²) in [5.74, 6) is -0.912. The maximum Gasteiger partial charge on any atom is 0.264 e. The first-order valence-electron chi connectivity index (χ1n) is 13.5. The van der Waals surface area contributed by atoms with Crippen LogP contribution < -0.4 is 9.62 Å². The molecule has 0 aliphatic heterocycles. The average molecular weight is 703 g/mol. The molecular weight excluding hydrogens is 673 g/mol. The number of benzene rings is 4. The Morgan fingerprint density at radius 2 is 1.47 bits per heavy atom. The molecule has 11 heteroatoms. The fourth-order valence-corrected chi connectivity index (χ4v) is 6.50. The molecule has 7 nitrogen and oxygen atoms in total. The molecule has 0 saturated carbocycles. The number of halogens is 3. The molecule has 0 fully saturated rings. The van der Waals surface area contributed by atoms with Crippen LogP contribution in [-0.4, -0.2) is 44.3 Å². The lowest BCUT2D eigenvalue weighted by Gasteiger charge is -2.34. The normalized spacial score (nSPS) is 11.9. The van der Waals surface area contributed by atoms with Crippen LogP contribution in [0.4, 0.5) is 5.69 Å². The maximum atomic E-state index is 14.3. The minimum absolute atomic E-state index is 0.00195. The average Bonchev–Trinajstić information content (AvgIpc) is 3.01. The second-order valence-electron chi connectivity index (χ2n) is 9.67. The Kier molecular flexibility index (Phi) is 11.3. The van der Waals surface area contributed by atoms with Crippen molar-refractivity contribution in [2.24, 2.45) is 0 Å². The van der Waals surface area contributed by atoms with Crippen LogP contribution in [0.1, 0.15) is 18.1 Å². The van der Waals surface area contributed by atoms with Gasteiger partial charge in [-0.3, -0.25) is 13.9 Å². The first kappa shape index (κ1) is 32.5. The summed E-state index contributed by atoms with van der Waals surface area (Å²) in [5, 5.41) is 3.22. The number of sulfonamides is 1. The fourth-order valence-electron chi connectivity index (χ4n) is 4.52. The van der Waals surface area contributed by atoms with Gasteiger partial charge in [0.1, 0.15) is 12.6 Å². The maximum absolute atomic E-state index is 14.3. The summed E-state index contributed by atoms with van der Waals surface area (Å²) in [6.45, 7) is 1.65. The topological polar surface area (TPSA) is 86.8 Å². The summed E-state index contributed by atoms with van der Waals surface area (Å²) in [6, 6.07) is 28.0. The molecule has 1 N–H and O–H groups in total. The molecule has 43 heavy (non-hydrogen) atoms. The van der Waals surface area contributed by atoms with E-state index in [1.54, 1.807) is 25.1 Å². The van der Waals surface area contributed by atoms with Gasteiger partial charge in [0.05, 0.1) is 20.6 Å². The van der Waals surface area contributed by atoms with Crippen LogP contribution in [0.15, 0.2) is 112 Å². The zero-order valence-corrected chi connectivity index (χ0v) is 27.2. The highest BCUT2D eigenvalue weighted by Gasteiger charge is 2.34. The van der Waals surface area contributed by atoms with E-state index in [4.69, 9.17) is 23.2 Å². The van der Waals surface area contributed by atoms with Gasteiger partial charge < -0.3 is 10.2 Å². The van der Waals surface area contributed by atoms with Gasteiger partial charge in [-0.05, 0) is 60.5 Å². The van der Waals surface area contributed by atoms with E-state index in [0.29, 0.717) is 6.54 Å². The number of nitrogens with one attached hydrogen (secondary N) is 1. The molecule has 4 aromatic rings. The molecular formula is C32H30BrCl2N3O4S. The molecule has 4 aromatic carbocycles. The van der Waals surface area contributed by atoms with Crippen LogP contribution in [-0.2, 0) is 32.6 Å². The molecule has 0 aliphatic carbocycles. The number of carbonyl (C=O) groups is 2. The van der Waals surface area contributed by atoms with Crippen molar-refractivity contribution >= 4 is 66.7 Å². The summed E-state index contributed by atoms with van der Waals surface area (Å²) >= 11 is 15.9. The number of rotatable bonds is 12. The fraction of sp³-hybridized carbons (Fsp3) is 0.188. The Labute approximate surface area is 270 Å². The van der Waals surface area contributed by atoms with Gasteiger partial charge in [0.25, 0.3) is 10.0 Å². The van der Waals surface area contributed by atoms with Gasteiger partial charge >= 0.3 is 0 Å². The Morgan fingerprint density at radius 3 is 2.07 bits per heavy atom. The Hall–Kier alpha value is -3.37. The van der Waals surface area contributed by atoms with Gasteiger partial charge in [-0.25, -0.2) is 8.42 Å². The smallest absolute Gasteiger partial charge is 0.264 e. The number of anilines is 1. The lowest BCUT2D eigenvalue weighted by atomic mass is 10.0. The Balaban J connectivity index is 1.80. The van der Waals surface area contributed by atoms with E-state index < -0.39 is 28.5 Å². The highest BCUT2D eigenvalue weighted by atomic mass is 79.9. The Morgan fingerprint density at radius 1 is 0.837 bits per heavy atom. The van der Waals surface area contributed by atoms with E-state index in [1.807, 2.05) is 54.6 Å². The van der Waals surface area contributed by atoms with Crippen molar-refractivity contribution < 1.29 is 18.0 Å². The van der Waals surface area contributed by atoms with E-state index in [9.17, 15) is 18.0 Å². The molecule has 0 radical (unpaired) electrons. The molecule has 0 aliphatic rings. The van der Waals surface area contributed by atoms with Gasteiger partial charge in [0.15, 0.2) is 0 Å². The molecule has 0 unspecified atom stereocenters. The SMILES string of the molecule is CCNC(=O)[C@H](Cc1ccccc1)N(Cc1ccc(Br)cc1)C(=O)CN(c1ccc(Cl)c(Cl)c1)S(=O)(=O)c1ccccc1. The van der Waals surface area contributed by atoms with Crippen molar-refractivity contribution in [2.45, 2.75) is 30.8 Å². The summed E-state index contributed by atoms with van der Waals surface area (Å²) < 4.78 is 29.8. The molecule has 1 atom stereocenters. The second-order valence-corrected chi connectivity index (χ2v) is 13.3. The number of hydrogen-bond donors (Lipinski definition) is 1. The summed E-state index contributed by atoms with van der Waals surface area (Å²) in [5.41, 5.74) is 1.78. The van der Waals surface area contributed by atoms with Gasteiger partial charge in [-0.1, -0.05) is 99.8 Å². The number of likely N-dealkylation sites (N-methyl/N-ethyl adjacent to an activating group) is 1. The third-order valence-corrected chi connectivity index (χ3v) is 9.75. The van der Waals surface area contributed by atoms with Crippen molar-refractivity contribution in [3.05, 3.63) is 129 Å². The van der Waals surface area contributed by atoms with Gasteiger partial charge in [-0.2, -0.15) is 0 Å². The zero-order chi connectivity index (χ0) is 31.0. The number of hydrogen-bond acceptors (Lipinski definition) is 4. The van der Waals surface area contributed by atoms with Crippen molar-refractivity contribution in [3.63, 3.8) is 0 Å². The Bertz CT molecular complexity index is 1660. The quantitative estimate of drug-likeness (QED) is 0.178. The van der Waals surface area contributed by atoms with Crippen LogP contribution in [0.5, 0.6) is 0 Å². The monoisotopic (exact) mass is 701 g/mol. The first-order valence-corrected chi connectivity index (χ1v) is 16.5. The van der Waals surface area contributed by atoms with Crippen LogP contribution in [0.2, 0.25) is 10.0 Å². The highest BCUT2D eigenvalue weighted by Crippen LogP contribution is 2.31. The second kappa shape index (κ2) is 14.9. The lowest BCUT2D eigenvalue weighted by Crippen LogP contribution is -2.53. The summed E-state index contributed by atoms with van der Waals surface area (Å²) in [6.07, 6.45) is 0.229. The van der Waals surface area contributed by atoms with E-state index in [0.717, 1.165) is 19.9 Å². The van der Waals surface area contributed by atoms with E-state index in [2.05, 4.69) is 21.2 Å². The third-order valence-electron chi connectivity index (χ3n) is 6.69. The van der Waals surface area contributed by atoms with Gasteiger partial charge in [0.2, 0.25) is 11.8 Å². The van der Waals surface area contributed by atoms with Crippen LogP contribution in [0.25, 0.3) is 0 Å². The minimum atomic E-state index is -4.23. The number of amides is 2. The summed E-state index contributed by atoms with van der Waals surface area (Å²) in [4.78, 5) is 29.3. The van der Waals surface area contributed by atoms with Crippen molar-refractivity contribution in [1.29, 1.82) is 0 Å². The standard InChI is InChI=1S/C32H30BrCl2N3O4S/c1-2-36-32(40)30(19-23-9-5-3-6-10-23)37(21-24-13-15-25(33)16-14-24)31(39)22-38(26-17-18-28(34)29(35)20-26)43(41,42)27-11-7-4-8-12-27/h3-18,20,30H,2,19,21-22H2,1H3,(H,36,40)/t30-/m0/s1. The number of carbonyl (C=O) groups excluding carboxylic acids is 2. The van der Waals surface area contributed by atoms with E-state index in [-0.39, 0.29) is 39.5 Å². The largest absolute Gasteiger partial charge is 0.355 e. The number of nitrogens with zero attached hydrogens (tertiary/aromatic N) is 2. The van der Waals surface area contributed by atoms with Crippen molar-refractivity contribution in [3.8, 4) is 0 Å². The van der Waals surface area contributed by atoms with Crippen molar-refractivity contribution in [2.75, 3.05) is 17.4 Å².